The third kappa shape index (κ3) is 9.42. The zero-order valence-corrected chi connectivity index (χ0v) is 13.9. The van der Waals surface area contributed by atoms with E-state index in [1.54, 1.807) is 0 Å². The Bertz CT molecular complexity index is 222. The van der Waals surface area contributed by atoms with E-state index in [2.05, 4.69) is 46.4 Å². The first-order valence-electron chi connectivity index (χ1n) is 7.54. The maximum absolute atomic E-state index is 9.05. The molecule has 0 aliphatic carbocycles. The van der Waals surface area contributed by atoms with Gasteiger partial charge in [0, 0.05) is 13.1 Å². The van der Waals surface area contributed by atoms with Gasteiger partial charge in [0.25, 0.3) is 0 Å². The third-order valence-electron chi connectivity index (χ3n) is 3.71. The molecule has 3 heteroatoms. The van der Waals surface area contributed by atoms with Gasteiger partial charge in [-0.15, -0.1) is 0 Å². The normalized spacial score (nSPS) is 15.0. The minimum Gasteiger partial charge on any atom is -0.395 e. The summed E-state index contributed by atoms with van der Waals surface area (Å²) in [6, 6.07) is 0. The maximum atomic E-state index is 9.05. The van der Waals surface area contributed by atoms with Crippen LogP contribution >= 0.6 is 0 Å². The van der Waals surface area contributed by atoms with Crippen molar-refractivity contribution < 1.29 is 10.2 Å². The lowest BCUT2D eigenvalue weighted by atomic mass is 9.70. The summed E-state index contributed by atoms with van der Waals surface area (Å²) < 4.78 is 0. The molecule has 1 unspecified atom stereocenters. The van der Waals surface area contributed by atoms with E-state index in [0.29, 0.717) is 29.8 Å². The van der Waals surface area contributed by atoms with Crippen LogP contribution in [-0.2, 0) is 0 Å². The number of aliphatic hydroxyl groups excluding tert-OH is 2. The molecule has 2 N–H and O–H groups in total. The fourth-order valence-electron chi connectivity index (χ4n) is 2.54. The second-order valence-electron chi connectivity index (χ2n) is 7.91. The third-order valence-corrected chi connectivity index (χ3v) is 3.71. The minimum absolute atomic E-state index is 0.166. The van der Waals surface area contributed by atoms with E-state index in [1.807, 2.05) is 0 Å². The number of hydrogen-bond acceptors (Lipinski definition) is 3. The first-order chi connectivity index (χ1) is 8.60. The van der Waals surface area contributed by atoms with Crippen molar-refractivity contribution in [3.05, 3.63) is 0 Å². The molecule has 0 radical (unpaired) electrons. The Morgan fingerprint density at radius 2 is 1.32 bits per heavy atom. The van der Waals surface area contributed by atoms with Crippen molar-refractivity contribution in [1.29, 1.82) is 0 Å². The molecule has 116 valence electrons. The Balaban J connectivity index is 4.47. The Kier molecular flexibility index (Phi) is 8.18. The van der Waals surface area contributed by atoms with Gasteiger partial charge in [0.1, 0.15) is 0 Å². The van der Waals surface area contributed by atoms with E-state index in [9.17, 15) is 0 Å². The molecule has 0 saturated heterocycles. The van der Waals surface area contributed by atoms with Gasteiger partial charge in [-0.2, -0.15) is 0 Å². The Hall–Kier alpha value is -0.120. The molecule has 0 heterocycles. The quantitative estimate of drug-likeness (QED) is 0.715. The van der Waals surface area contributed by atoms with Crippen LogP contribution < -0.4 is 0 Å². The van der Waals surface area contributed by atoms with E-state index < -0.39 is 0 Å². The summed E-state index contributed by atoms with van der Waals surface area (Å²) in [4.78, 5) is 2.15. The summed E-state index contributed by atoms with van der Waals surface area (Å²) in [5, 5.41) is 18.1. The Labute approximate surface area is 120 Å². The van der Waals surface area contributed by atoms with Crippen molar-refractivity contribution in [3.8, 4) is 0 Å². The second-order valence-corrected chi connectivity index (χ2v) is 7.91. The number of nitrogens with zero attached hydrogens (tertiary/aromatic N) is 1. The standard InChI is InChI=1S/C16H35NO2/c1-15(2,3)13-14(16(4,5)6)7-8-17(9-11-18)10-12-19/h14,18-19H,7-13H2,1-6H3. The van der Waals surface area contributed by atoms with Crippen molar-refractivity contribution in [3.63, 3.8) is 0 Å². The molecule has 1 atom stereocenters. The predicted octanol–water partition coefficient (Wildman–Crippen LogP) is 2.76. The fourth-order valence-corrected chi connectivity index (χ4v) is 2.54. The molecule has 0 aromatic heterocycles. The van der Waals surface area contributed by atoms with Crippen LogP contribution in [0.1, 0.15) is 54.4 Å². The lowest BCUT2D eigenvalue weighted by Crippen LogP contribution is -2.34. The van der Waals surface area contributed by atoms with Crippen molar-refractivity contribution in [2.45, 2.75) is 54.4 Å². The molecule has 3 nitrogen and oxygen atoms in total. The molecule has 0 rings (SSSR count). The summed E-state index contributed by atoms with van der Waals surface area (Å²) in [5.74, 6) is 0.660. The van der Waals surface area contributed by atoms with Gasteiger partial charge in [-0.3, -0.25) is 4.90 Å². The predicted molar refractivity (Wildman–Crippen MR) is 82.2 cm³/mol. The van der Waals surface area contributed by atoms with Gasteiger partial charge in [-0.25, -0.2) is 0 Å². The van der Waals surface area contributed by atoms with Gasteiger partial charge < -0.3 is 10.2 Å². The monoisotopic (exact) mass is 273 g/mol. The zero-order valence-electron chi connectivity index (χ0n) is 13.9. The average Bonchev–Trinajstić information content (AvgIpc) is 2.21. The van der Waals surface area contributed by atoms with Gasteiger partial charge in [0.05, 0.1) is 13.2 Å². The van der Waals surface area contributed by atoms with Crippen LogP contribution in [0.3, 0.4) is 0 Å². The first-order valence-corrected chi connectivity index (χ1v) is 7.54. The highest BCUT2D eigenvalue weighted by molar-refractivity contribution is 4.80. The summed E-state index contributed by atoms with van der Waals surface area (Å²) in [6.07, 6.45) is 2.34. The summed E-state index contributed by atoms with van der Waals surface area (Å²) in [5.41, 5.74) is 0.647. The van der Waals surface area contributed by atoms with E-state index in [0.717, 1.165) is 13.0 Å². The highest BCUT2D eigenvalue weighted by atomic mass is 16.3. The zero-order chi connectivity index (χ0) is 15.1. The number of hydrogen-bond donors (Lipinski definition) is 2. The molecular formula is C16H35NO2. The van der Waals surface area contributed by atoms with Crippen molar-refractivity contribution in [2.75, 3.05) is 32.8 Å². The summed E-state index contributed by atoms with van der Waals surface area (Å²) in [6.45, 7) is 16.4. The molecule has 0 aliphatic rings. The van der Waals surface area contributed by atoms with Gasteiger partial charge in [0.2, 0.25) is 0 Å². The Morgan fingerprint density at radius 3 is 1.63 bits per heavy atom. The number of aliphatic hydroxyl groups is 2. The smallest absolute Gasteiger partial charge is 0.0558 e. The van der Waals surface area contributed by atoms with Gasteiger partial charge in [0.15, 0.2) is 0 Å². The van der Waals surface area contributed by atoms with Crippen LogP contribution in [-0.4, -0.2) is 48.0 Å². The van der Waals surface area contributed by atoms with Crippen LogP contribution in [0.15, 0.2) is 0 Å². The summed E-state index contributed by atoms with van der Waals surface area (Å²) >= 11 is 0. The van der Waals surface area contributed by atoms with Gasteiger partial charge in [-0.05, 0) is 36.1 Å². The van der Waals surface area contributed by atoms with E-state index >= 15 is 0 Å². The van der Waals surface area contributed by atoms with Crippen molar-refractivity contribution in [1.82, 2.24) is 4.90 Å². The largest absolute Gasteiger partial charge is 0.395 e. The topological polar surface area (TPSA) is 43.7 Å². The molecular weight excluding hydrogens is 238 g/mol. The summed E-state index contributed by atoms with van der Waals surface area (Å²) in [7, 11) is 0. The lowest BCUT2D eigenvalue weighted by Gasteiger charge is -2.37. The molecule has 0 aromatic carbocycles. The fraction of sp³-hybridized carbons (Fsp3) is 1.00. The lowest BCUT2D eigenvalue weighted by molar-refractivity contribution is 0.114. The van der Waals surface area contributed by atoms with Crippen LogP contribution in [0.5, 0.6) is 0 Å². The van der Waals surface area contributed by atoms with Crippen LogP contribution in [0.25, 0.3) is 0 Å². The number of rotatable bonds is 8. The highest BCUT2D eigenvalue weighted by Crippen LogP contribution is 2.38. The molecule has 0 saturated carbocycles. The van der Waals surface area contributed by atoms with Gasteiger partial charge in [-0.1, -0.05) is 41.5 Å². The van der Waals surface area contributed by atoms with E-state index in [4.69, 9.17) is 10.2 Å². The molecule has 0 amide bonds. The molecule has 0 aromatic rings. The van der Waals surface area contributed by atoms with Crippen LogP contribution in [0, 0.1) is 16.7 Å². The average molecular weight is 273 g/mol. The van der Waals surface area contributed by atoms with E-state index in [1.165, 1.54) is 6.42 Å². The SMILES string of the molecule is CC(C)(C)CC(CCN(CCO)CCO)C(C)(C)C. The van der Waals surface area contributed by atoms with Crippen molar-refractivity contribution >= 4 is 0 Å². The molecule has 19 heavy (non-hydrogen) atoms. The van der Waals surface area contributed by atoms with E-state index in [-0.39, 0.29) is 13.2 Å². The Morgan fingerprint density at radius 1 is 0.842 bits per heavy atom. The van der Waals surface area contributed by atoms with Crippen LogP contribution in [0.4, 0.5) is 0 Å². The molecule has 0 aliphatic heterocycles. The molecule has 0 fully saturated rings. The minimum atomic E-state index is 0.166. The second kappa shape index (κ2) is 8.23. The van der Waals surface area contributed by atoms with Crippen LogP contribution in [0.2, 0.25) is 0 Å². The van der Waals surface area contributed by atoms with Gasteiger partial charge >= 0.3 is 0 Å². The molecule has 0 bridgehead atoms. The van der Waals surface area contributed by atoms with Crippen molar-refractivity contribution in [2.24, 2.45) is 16.7 Å². The molecule has 0 spiro atoms. The maximum Gasteiger partial charge on any atom is 0.0558 e. The first kappa shape index (κ1) is 18.9. The highest BCUT2D eigenvalue weighted by Gasteiger charge is 2.29.